The highest BCUT2D eigenvalue weighted by Gasteiger charge is 1.97. The maximum Gasteiger partial charge on any atom is 0.165 e. The van der Waals surface area contributed by atoms with Crippen LogP contribution in [-0.2, 0) is 0 Å². The Kier molecular flexibility index (Phi) is 2.18. The molecule has 10 heavy (non-hydrogen) atoms. The summed E-state index contributed by atoms with van der Waals surface area (Å²) in [6, 6.07) is 1.84. The Morgan fingerprint density at radius 1 is 1.60 bits per heavy atom. The van der Waals surface area contributed by atoms with Gasteiger partial charge in [0.15, 0.2) is 5.82 Å². The van der Waals surface area contributed by atoms with Crippen molar-refractivity contribution in [1.82, 2.24) is 10.2 Å². The topological polar surface area (TPSA) is 63.8 Å². The Labute approximate surface area is 66.9 Å². The number of halogens is 1. The number of anilines is 1. The van der Waals surface area contributed by atoms with E-state index in [-0.39, 0.29) is 0 Å². The summed E-state index contributed by atoms with van der Waals surface area (Å²) < 4.78 is 0.712. The minimum absolute atomic E-state index is 0.600. The molecule has 1 aromatic heterocycles. The number of nitrogens with zero attached hydrogens (tertiary/aromatic N) is 2. The molecule has 0 fully saturated rings. The van der Waals surface area contributed by atoms with Crippen molar-refractivity contribution < 1.29 is 0 Å². The fraction of sp³-hybridized carbons (Fsp3) is 0.200. The number of nitrogens with one attached hydrogen (secondary N) is 1. The van der Waals surface area contributed by atoms with Crippen molar-refractivity contribution in [3.8, 4) is 0 Å². The van der Waals surface area contributed by atoms with Gasteiger partial charge in [-0.25, -0.2) is 5.84 Å². The molecule has 0 unspecified atom stereocenters. The standard InChI is InChI=1S/C5H7BrN4/c1-3-2-4(6)9-10-5(3)8-7/h2H,7H2,1H3,(H,8,10). The molecule has 0 radical (unpaired) electrons. The van der Waals surface area contributed by atoms with Gasteiger partial charge in [-0.15, -0.1) is 10.2 Å². The third-order valence-corrected chi connectivity index (χ3v) is 1.48. The molecule has 3 N–H and O–H groups in total. The maximum absolute atomic E-state index is 5.13. The average Bonchev–Trinajstić information content (AvgIpc) is 1.88. The summed E-state index contributed by atoms with van der Waals surface area (Å²) in [4.78, 5) is 0. The zero-order valence-corrected chi connectivity index (χ0v) is 7.01. The Morgan fingerprint density at radius 3 is 2.80 bits per heavy atom. The van der Waals surface area contributed by atoms with E-state index in [4.69, 9.17) is 5.84 Å². The molecule has 1 heterocycles. The first-order valence-corrected chi connectivity index (χ1v) is 3.50. The molecule has 4 nitrogen and oxygen atoms in total. The normalized spacial score (nSPS) is 9.50. The first-order valence-electron chi connectivity index (χ1n) is 2.70. The molecule has 1 rings (SSSR count). The van der Waals surface area contributed by atoms with Gasteiger partial charge in [0.25, 0.3) is 0 Å². The first-order chi connectivity index (χ1) is 4.74. The van der Waals surface area contributed by atoms with E-state index in [2.05, 4.69) is 31.6 Å². The minimum atomic E-state index is 0.600. The molecule has 0 amide bonds. The fourth-order valence-electron chi connectivity index (χ4n) is 0.595. The van der Waals surface area contributed by atoms with Gasteiger partial charge in [0, 0.05) is 0 Å². The number of hydrazine groups is 1. The Morgan fingerprint density at radius 2 is 2.30 bits per heavy atom. The van der Waals surface area contributed by atoms with E-state index in [1.54, 1.807) is 0 Å². The highest BCUT2D eigenvalue weighted by Crippen LogP contribution is 2.12. The van der Waals surface area contributed by atoms with E-state index in [0.717, 1.165) is 5.56 Å². The fourth-order valence-corrected chi connectivity index (χ4v) is 1.02. The molecule has 0 spiro atoms. The Balaban J connectivity index is 3.07. The van der Waals surface area contributed by atoms with Crippen molar-refractivity contribution in [3.63, 3.8) is 0 Å². The molecule has 0 aliphatic carbocycles. The van der Waals surface area contributed by atoms with E-state index in [9.17, 15) is 0 Å². The minimum Gasteiger partial charge on any atom is -0.307 e. The van der Waals surface area contributed by atoms with Crippen molar-refractivity contribution in [1.29, 1.82) is 0 Å². The zero-order valence-electron chi connectivity index (χ0n) is 5.43. The number of nitrogens with two attached hydrogens (primary N) is 1. The van der Waals surface area contributed by atoms with Crippen molar-refractivity contribution in [3.05, 3.63) is 16.2 Å². The number of rotatable bonds is 1. The van der Waals surface area contributed by atoms with Crippen LogP contribution in [0.4, 0.5) is 5.82 Å². The van der Waals surface area contributed by atoms with Crippen LogP contribution in [0.5, 0.6) is 0 Å². The molecule has 0 aliphatic rings. The third-order valence-electron chi connectivity index (χ3n) is 1.09. The molecule has 5 heteroatoms. The van der Waals surface area contributed by atoms with E-state index in [0.29, 0.717) is 10.4 Å². The van der Waals surface area contributed by atoms with Gasteiger partial charge in [0.05, 0.1) is 0 Å². The molecule has 0 bridgehead atoms. The highest BCUT2D eigenvalue weighted by molar-refractivity contribution is 9.10. The predicted molar refractivity (Wildman–Crippen MR) is 42.3 cm³/mol. The number of hydrogen-bond acceptors (Lipinski definition) is 4. The van der Waals surface area contributed by atoms with E-state index in [1.807, 2.05) is 13.0 Å². The Hall–Kier alpha value is -0.680. The van der Waals surface area contributed by atoms with Gasteiger partial charge >= 0.3 is 0 Å². The van der Waals surface area contributed by atoms with Crippen LogP contribution in [-0.4, -0.2) is 10.2 Å². The zero-order chi connectivity index (χ0) is 7.56. The quantitative estimate of drug-likeness (QED) is 0.524. The van der Waals surface area contributed by atoms with Gasteiger partial charge in [-0.05, 0) is 34.5 Å². The van der Waals surface area contributed by atoms with Gasteiger partial charge in [-0.3, -0.25) is 0 Å². The summed E-state index contributed by atoms with van der Waals surface area (Å²) in [6.07, 6.45) is 0. The number of aryl methyl sites for hydroxylation is 1. The second-order valence-corrected chi connectivity index (χ2v) is 2.66. The monoisotopic (exact) mass is 202 g/mol. The molecule has 54 valence electrons. The van der Waals surface area contributed by atoms with Crippen molar-refractivity contribution >= 4 is 21.7 Å². The first kappa shape index (κ1) is 7.43. The van der Waals surface area contributed by atoms with Crippen molar-refractivity contribution in [2.45, 2.75) is 6.92 Å². The molecule has 0 saturated heterocycles. The van der Waals surface area contributed by atoms with Crippen molar-refractivity contribution in [2.75, 3.05) is 5.43 Å². The van der Waals surface area contributed by atoms with Crippen LogP contribution in [0.3, 0.4) is 0 Å². The lowest BCUT2D eigenvalue weighted by atomic mass is 10.3. The maximum atomic E-state index is 5.13. The molecule has 0 aromatic carbocycles. The molecule has 0 atom stereocenters. The largest absolute Gasteiger partial charge is 0.307 e. The van der Waals surface area contributed by atoms with Gasteiger partial charge in [-0.2, -0.15) is 0 Å². The molecule has 1 aromatic rings. The van der Waals surface area contributed by atoms with Crippen LogP contribution in [0.15, 0.2) is 10.7 Å². The van der Waals surface area contributed by atoms with Gasteiger partial charge in [0.2, 0.25) is 0 Å². The van der Waals surface area contributed by atoms with Gasteiger partial charge in [-0.1, -0.05) is 0 Å². The van der Waals surface area contributed by atoms with E-state index < -0.39 is 0 Å². The van der Waals surface area contributed by atoms with Crippen LogP contribution >= 0.6 is 15.9 Å². The average molecular weight is 203 g/mol. The van der Waals surface area contributed by atoms with E-state index >= 15 is 0 Å². The summed E-state index contributed by atoms with van der Waals surface area (Å²) in [6.45, 7) is 1.90. The lowest BCUT2D eigenvalue weighted by molar-refractivity contribution is 0.982. The summed E-state index contributed by atoms with van der Waals surface area (Å²) in [5.74, 6) is 5.73. The van der Waals surface area contributed by atoms with E-state index in [1.165, 1.54) is 0 Å². The molecule has 0 aliphatic heterocycles. The van der Waals surface area contributed by atoms with Crippen LogP contribution in [0.2, 0.25) is 0 Å². The third kappa shape index (κ3) is 1.43. The summed E-state index contributed by atoms with van der Waals surface area (Å²) >= 11 is 3.18. The summed E-state index contributed by atoms with van der Waals surface area (Å²) in [7, 11) is 0. The lowest BCUT2D eigenvalue weighted by Gasteiger charge is -2.00. The SMILES string of the molecule is Cc1cc(Br)nnc1NN. The van der Waals surface area contributed by atoms with Crippen LogP contribution in [0.1, 0.15) is 5.56 Å². The van der Waals surface area contributed by atoms with Crippen LogP contribution < -0.4 is 11.3 Å². The van der Waals surface area contributed by atoms with Gasteiger partial charge < -0.3 is 5.43 Å². The molecular weight excluding hydrogens is 196 g/mol. The van der Waals surface area contributed by atoms with Crippen LogP contribution in [0, 0.1) is 6.92 Å². The predicted octanol–water partition coefficient (Wildman–Crippen LogP) is 0.833. The summed E-state index contributed by atoms with van der Waals surface area (Å²) in [5, 5.41) is 7.50. The Bertz CT molecular complexity index is 237. The smallest absolute Gasteiger partial charge is 0.165 e. The highest BCUT2D eigenvalue weighted by atomic mass is 79.9. The van der Waals surface area contributed by atoms with Crippen LogP contribution in [0.25, 0.3) is 0 Å². The molecule has 0 saturated carbocycles. The number of nitrogen functional groups attached to an aromatic ring is 1. The second kappa shape index (κ2) is 2.94. The second-order valence-electron chi connectivity index (χ2n) is 1.84. The molecular formula is C5H7BrN4. The number of hydrogen-bond donors (Lipinski definition) is 2. The van der Waals surface area contributed by atoms with Crippen molar-refractivity contribution in [2.24, 2.45) is 5.84 Å². The van der Waals surface area contributed by atoms with Gasteiger partial charge in [0.1, 0.15) is 4.60 Å². The lowest BCUT2D eigenvalue weighted by Crippen LogP contribution is -2.10. The summed E-state index contributed by atoms with van der Waals surface area (Å²) in [5.41, 5.74) is 3.39. The number of aromatic nitrogens is 2.